The average Bonchev–Trinajstić information content (AvgIpc) is 3.19. The van der Waals surface area contributed by atoms with E-state index >= 15 is 0 Å². The molecule has 33 heavy (non-hydrogen) atoms. The number of benzene rings is 2. The van der Waals surface area contributed by atoms with Crippen molar-refractivity contribution in [3.63, 3.8) is 0 Å². The van der Waals surface area contributed by atoms with Crippen LogP contribution in [0.2, 0.25) is 24.7 Å². The van der Waals surface area contributed by atoms with Gasteiger partial charge in [0.25, 0.3) is 0 Å². The van der Waals surface area contributed by atoms with Crippen LogP contribution in [0.4, 0.5) is 0 Å². The molecule has 1 aliphatic heterocycles. The molecule has 4 aromatic rings. The van der Waals surface area contributed by atoms with Crippen molar-refractivity contribution in [1.82, 2.24) is 0 Å². The van der Waals surface area contributed by atoms with Crippen LogP contribution >= 0.6 is 0 Å². The maximum atomic E-state index is 9.77. The summed E-state index contributed by atoms with van der Waals surface area (Å²) in [6, 6.07) is 18.7. The molecule has 0 spiro atoms. The second kappa shape index (κ2) is 7.84. The monoisotopic (exact) mass is 455 g/mol. The molecule has 2 fully saturated rings. The highest BCUT2D eigenvalue weighted by Gasteiger charge is 2.44. The smallest absolute Gasteiger partial charge is 0.216 e. The average molecular weight is 456 g/mol. The fourth-order valence-corrected chi connectivity index (χ4v) is 10.8. The topological polar surface area (TPSA) is 17.0 Å². The molecular weight excluding hydrogens is 418 g/mol. The molecule has 2 aromatic heterocycles. The zero-order chi connectivity index (χ0) is 23.7. The highest BCUT2D eigenvalue weighted by Crippen LogP contribution is 2.54. The van der Waals surface area contributed by atoms with E-state index in [4.69, 9.17) is 4.42 Å². The van der Waals surface area contributed by atoms with Gasteiger partial charge in [-0.15, -0.1) is 0 Å². The molecule has 2 nitrogen and oxygen atoms in total. The molecule has 3 heterocycles. The molecule has 1 saturated heterocycles. The largest absolute Gasteiger partial charge is 0.455 e. The van der Waals surface area contributed by atoms with Crippen LogP contribution in [-0.2, 0) is 7.05 Å². The first kappa shape index (κ1) is 20.0. The minimum absolute atomic E-state index is 0.553. The van der Waals surface area contributed by atoms with Crippen molar-refractivity contribution in [2.45, 2.75) is 69.6 Å². The first-order valence-electron chi connectivity index (χ1n) is 13.2. The normalized spacial score (nSPS) is 27.5. The number of aryl methyl sites for hydroxylation is 2. The first-order chi connectivity index (χ1) is 16.3. The van der Waals surface area contributed by atoms with Crippen molar-refractivity contribution in [2.24, 2.45) is 13.0 Å². The van der Waals surface area contributed by atoms with Gasteiger partial charge in [-0.2, -0.15) is 0 Å². The summed E-state index contributed by atoms with van der Waals surface area (Å²) in [6.45, 7) is 7.32. The van der Waals surface area contributed by atoms with E-state index in [2.05, 4.69) is 86.4 Å². The zero-order valence-electron chi connectivity index (χ0n) is 21.4. The summed E-state index contributed by atoms with van der Waals surface area (Å²) in [7, 11) is 0.798. The van der Waals surface area contributed by atoms with Gasteiger partial charge in [0.2, 0.25) is 5.69 Å². The summed E-state index contributed by atoms with van der Waals surface area (Å²) >= 11 is 0. The minimum Gasteiger partial charge on any atom is -0.455 e. The molecule has 0 bridgehead atoms. The molecule has 2 aromatic carbocycles. The van der Waals surface area contributed by atoms with Crippen LogP contribution in [0, 0.1) is 12.8 Å². The molecule has 0 N–H and O–H groups in total. The molecule has 1 saturated carbocycles. The second-order valence-corrected chi connectivity index (χ2v) is 16.4. The van der Waals surface area contributed by atoms with Crippen molar-refractivity contribution in [3.05, 3.63) is 65.9 Å². The Morgan fingerprint density at radius 2 is 1.82 bits per heavy atom. The lowest BCUT2D eigenvalue weighted by molar-refractivity contribution is -0.660. The third-order valence-electron chi connectivity index (χ3n) is 8.82. The third kappa shape index (κ3) is 3.39. The van der Waals surface area contributed by atoms with Crippen LogP contribution in [0.1, 0.15) is 50.5 Å². The second-order valence-electron chi connectivity index (χ2n) is 11.2. The van der Waals surface area contributed by atoms with Gasteiger partial charge in [-0.05, 0) is 60.7 Å². The summed E-state index contributed by atoms with van der Waals surface area (Å²) in [5.74, 6) is 0.291. The van der Waals surface area contributed by atoms with Gasteiger partial charge >= 0.3 is 0 Å². The highest BCUT2D eigenvalue weighted by atomic mass is 28.3. The summed E-state index contributed by atoms with van der Waals surface area (Å²) < 4.78 is 18.7. The van der Waals surface area contributed by atoms with Crippen molar-refractivity contribution in [3.8, 4) is 11.3 Å². The van der Waals surface area contributed by atoms with Crippen molar-refractivity contribution in [2.75, 3.05) is 0 Å². The van der Waals surface area contributed by atoms with Gasteiger partial charge in [0.05, 0.1) is 13.6 Å². The molecule has 3 unspecified atom stereocenters. The van der Waals surface area contributed by atoms with E-state index in [9.17, 15) is 1.37 Å². The Morgan fingerprint density at radius 3 is 2.67 bits per heavy atom. The van der Waals surface area contributed by atoms with Crippen LogP contribution in [-0.4, -0.2) is 8.07 Å². The Bertz CT molecular complexity index is 1410. The number of hydrogen-bond acceptors (Lipinski definition) is 1. The lowest BCUT2D eigenvalue weighted by Crippen LogP contribution is -2.42. The quantitative estimate of drug-likeness (QED) is 0.220. The van der Waals surface area contributed by atoms with Crippen molar-refractivity contribution >= 4 is 30.0 Å². The number of fused-ring (bicyclic) bond motifs is 4. The summed E-state index contributed by atoms with van der Waals surface area (Å²) in [5, 5.41) is 2.31. The summed E-state index contributed by atoms with van der Waals surface area (Å²) in [6.07, 6.45) is 8.04. The van der Waals surface area contributed by atoms with E-state index in [1.54, 1.807) is 0 Å². The van der Waals surface area contributed by atoms with Crippen LogP contribution < -0.4 is 4.57 Å². The van der Waals surface area contributed by atoms with E-state index in [1.807, 2.05) is 0 Å². The summed E-state index contributed by atoms with van der Waals surface area (Å²) in [5.41, 5.74) is 7.28. The highest BCUT2D eigenvalue weighted by molar-refractivity contribution is 6.79. The van der Waals surface area contributed by atoms with Crippen LogP contribution in [0.3, 0.4) is 0 Å². The molecule has 3 heteroatoms. The SMILES string of the molecule is [2H]C1(c2cccc3c2oc2c(-c4cccc[n+]4C)c(C)ccc23)CCC2CCC[Si](C)(C)C2C1. The fraction of sp³-hybridized carbons (Fsp3) is 0.433. The van der Waals surface area contributed by atoms with E-state index in [0.717, 1.165) is 63.1 Å². The standard InChI is InChI=1S/C30H36NOSi/c1-20-13-16-25-24-11-7-10-23(22-15-14-21-9-8-18-33(3,4)27(21)19-22)29(24)32-30(25)28(20)26-12-5-6-17-31(26)2/h5-7,10-13,16-17,21-22,27H,8-9,14-15,18-19H2,1-4H3/q+1/i22D. The Hall–Kier alpha value is -2.39. The molecule has 1 aliphatic carbocycles. The first-order valence-corrected chi connectivity index (χ1v) is 16.0. The maximum absolute atomic E-state index is 9.77. The summed E-state index contributed by atoms with van der Waals surface area (Å²) in [4.78, 5) is 0. The van der Waals surface area contributed by atoms with Gasteiger partial charge in [0.15, 0.2) is 6.20 Å². The van der Waals surface area contributed by atoms with Gasteiger partial charge in [0, 0.05) is 24.3 Å². The minimum atomic E-state index is -1.29. The van der Waals surface area contributed by atoms with Crippen molar-refractivity contribution < 1.29 is 10.4 Å². The number of pyridine rings is 1. The molecular formula is C30H36NOSi+. The third-order valence-corrected chi connectivity index (χ3v) is 13.1. The predicted molar refractivity (Wildman–Crippen MR) is 140 cm³/mol. The molecule has 170 valence electrons. The van der Waals surface area contributed by atoms with E-state index in [1.165, 1.54) is 30.9 Å². The number of para-hydroxylation sites is 1. The Kier molecular flexibility index (Phi) is 4.75. The maximum Gasteiger partial charge on any atom is 0.216 e. The Morgan fingerprint density at radius 1 is 0.970 bits per heavy atom. The number of rotatable bonds is 2. The fourth-order valence-electron chi connectivity index (χ4n) is 6.94. The van der Waals surface area contributed by atoms with Gasteiger partial charge in [0.1, 0.15) is 18.2 Å². The number of hydrogen-bond donors (Lipinski definition) is 0. The molecule has 3 atom stereocenters. The predicted octanol–water partition coefficient (Wildman–Crippen LogP) is 8.14. The van der Waals surface area contributed by atoms with E-state index in [0.29, 0.717) is 0 Å². The van der Waals surface area contributed by atoms with Crippen LogP contribution in [0.15, 0.2) is 59.1 Å². The molecule has 0 radical (unpaired) electrons. The Balaban J connectivity index is 1.54. The van der Waals surface area contributed by atoms with Crippen molar-refractivity contribution in [1.29, 1.82) is 0 Å². The molecule has 2 aliphatic rings. The molecule has 0 amide bonds. The number of nitrogens with zero attached hydrogens (tertiary/aromatic N) is 1. The zero-order valence-corrected chi connectivity index (χ0v) is 21.4. The molecule has 6 rings (SSSR count). The van der Waals surface area contributed by atoms with Crippen LogP contribution in [0.5, 0.6) is 0 Å². The number of aromatic nitrogens is 1. The lowest BCUT2D eigenvalue weighted by Gasteiger charge is -2.48. The van der Waals surface area contributed by atoms with Gasteiger partial charge in [-0.25, -0.2) is 4.57 Å². The van der Waals surface area contributed by atoms with Gasteiger partial charge in [-0.3, -0.25) is 0 Å². The Labute approximate surface area is 200 Å². The van der Waals surface area contributed by atoms with Crippen LogP contribution in [0.25, 0.3) is 33.2 Å². The lowest BCUT2D eigenvalue weighted by atomic mass is 9.76. The van der Waals surface area contributed by atoms with E-state index < -0.39 is 14.0 Å². The van der Waals surface area contributed by atoms with Gasteiger partial charge in [-0.1, -0.05) is 62.3 Å². The number of furan rings is 1. The van der Waals surface area contributed by atoms with E-state index in [-0.39, 0.29) is 0 Å². The van der Waals surface area contributed by atoms with Gasteiger partial charge < -0.3 is 4.42 Å².